The maximum atomic E-state index is 11.5. The summed E-state index contributed by atoms with van der Waals surface area (Å²) in [6, 6.07) is 2.74. The fraction of sp³-hybridized carbons (Fsp3) is 0.222. The lowest BCUT2D eigenvalue weighted by Crippen LogP contribution is -2.35. The number of hydrogen-bond acceptors (Lipinski definition) is 3. The van der Waals surface area contributed by atoms with Crippen LogP contribution in [0.3, 0.4) is 0 Å². The SMILES string of the molecule is CNC(=O)CNC(=O)c1cc(Cl)nc(Cl)c1. The van der Waals surface area contributed by atoms with Crippen LogP contribution in [0.5, 0.6) is 0 Å². The lowest BCUT2D eigenvalue weighted by Gasteiger charge is -2.04. The molecule has 1 aromatic heterocycles. The van der Waals surface area contributed by atoms with Crippen LogP contribution in [-0.2, 0) is 4.79 Å². The van der Waals surface area contributed by atoms with Crippen molar-refractivity contribution in [3.63, 3.8) is 0 Å². The Balaban J connectivity index is 2.69. The van der Waals surface area contributed by atoms with E-state index in [1.165, 1.54) is 19.2 Å². The first kappa shape index (κ1) is 12.7. The molecule has 5 nitrogen and oxygen atoms in total. The van der Waals surface area contributed by atoms with Gasteiger partial charge >= 0.3 is 0 Å². The maximum Gasteiger partial charge on any atom is 0.251 e. The summed E-state index contributed by atoms with van der Waals surface area (Å²) in [6.45, 7) is -0.104. The van der Waals surface area contributed by atoms with Gasteiger partial charge in [-0.2, -0.15) is 0 Å². The average Bonchev–Trinajstić information content (AvgIpc) is 2.23. The van der Waals surface area contributed by atoms with Crippen molar-refractivity contribution in [2.75, 3.05) is 13.6 Å². The number of nitrogens with one attached hydrogen (secondary N) is 2. The molecule has 0 aliphatic rings. The summed E-state index contributed by atoms with van der Waals surface area (Å²) in [6.07, 6.45) is 0. The normalized spacial score (nSPS) is 9.69. The molecule has 0 bridgehead atoms. The lowest BCUT2D eigenvalue weighted by atomic mass is 10.2. The molecule has 0 fully saturated rings. The van der Waals surface area contributed by atoms with E-state index in [1.54, 1.807) is 0 Å². The Kier molecular flexibility index (Phi) is 4.52. The molecule has 1 heterocycles. The average molecular weight is 262 g/mol. The largest absolute Gasteiger partial charge is 0.358 e. The van der Waals surface area contributed by atoms with E-state index in [-0.39, 0.29) is 28.3 Å². The Hall–Kier alpha value is -1.33. The van der Waals surface area contributed by atoms with E-state index in [2.05, 4.69) is 15.6 Å². The van der Waals surface area contributed by atoms with Crippen molar-refractivity contribution >= 4 is 35.0 Å². The van der Waals surface area contributed by atoms with Gasteiger partial charge in [-0.3, -0.25) is 9.59 Å². The predicted octanol–water partition coefficient (Wildman–Crippen LogP) is 0.864. The van der Waals surface area contributed by atoms with Gasteiger partial charge in [0, 0.05) is 12.6 Å². The van der Waals surface area contributed by atoms with Crippen LogP contribution in [0.25, 0.3) is 0 Å². The van der Waals surface area contributed by atoms with E-state index in [0.29, 0.717) is 0 Å². The highest BCUT2D eigenvalue weighted by molar-refractivity contribution is 6.33. The minimum atomic E-state index is -0.435. The van der Waals surface area contributed by atoms with E-state index < -0.39 is 5.91 Å². The molecule has 0 unspecified atom stereocenters. The third-order valence-corrected chi connectivity index (χ3v) is 2.10. The summed E-state index contributed by atoms with van der Waals surface area (Å²) < 4.78 is 0. The molecule has 0 atom stereocenters. The van der Waals surface area contributed by atoms with Gasteiger partial charge in [0.2, 0.25) is 5.91 Å². The van der Waals surface area contributed by atoms with E-state index in [1.807, 2.05) is 0 Å². The van der Waals surface area contributed by atoms with Gasteiger partial charge in [-0.15, -0.1) is 0 Å². The minimum absolute atomic E-state index is 0.104. The highest BCUT2D eigenvalue weighted by atomic mass is 35.5. The smallest absolute Gasteiger partial charge is 0.251 e. The Morgan fingerprint density at radius 1 is 1.31 bits per heavy atom. The molecule has 16 heavy (non-hydrogen) atoms. The summed E-state index contributed by atoms with van der Waals surface area (Å²) in [5, 5.41) is 5.03. The van der Waals surface area contributed by atoms with E-state index in [4.69, 9.17) is 23.2 Å². The first-order valence-corrected chi connectivity index (χ1v) is 5.10. The fourth-order valence-corrected chi connectivity index (χ4v) is 1.41. The fourth-order valence-electron chi connectivity index (χ4n) is 0.947. The van der Waals surface area contributed by atoms with Crippen molar-refractivity contribution in [1.82, 2.24) is 15.6 Å². The van der Waals surface area contributed by atoms with Crippen molar-refractivity contribution in [2.45, 2.75) is 0 Å². The highest BCUT2D eigenvalue weighted by Crippen LogP contribution is 2.14. The van der Waals surface area contributed by atoms with Crippen LogP contribution in [0, 0.1) is 0 Å². The number of carbonyl (C=O) groups excluding carboxylic acids is 2. The summed E-state index contributed by atoms with van der Waals surface area (Å²) in [7, 11) is 1.48. The van der Waals surface area contributed by atoms with Crippen molar-refractivity contribution in [1.29, 1.82) is 0 Å². The van der Waals surface area contributed by atoms with E-state index in [9.17, 15) is 9.59 Å². The quantitative estimate of drug-likeness (QED) is 0.794. The zero-order valence-corrected chi connectivity index (χ0v) is 9.89. The summed E-state index contributed by atoms with van der Waals surface area (Å²) in [5.41, 5.74) is 0.258. The Morgan fingerprint density at radius 2 is 1.88 bits per heavy atom. The minimum Gasteiger partial charge on any atom is -0.358 e. The van der Waals surface area contributed by atoms with Crippen molar-refractivity contribution in [3.05, 3.63) is 28.0 Å². The molecule has 86 valence electrons. The van der Waals surface area contributed by atoms with Crippen molar-refractivity contribution < 1.29 is 9.59 Å². The van der Waals surface area contributed by atoms with Gasteiger partial charge in [0.05, 0.1) is 6.54 Å². The molecule has 0 aromatic carbocycles. The Morgan fingerprint density at radius 3 is 2.38 bits per heavy atom. The van der Waals surface area contributed by atoms with Crippen LogP contribution in [-0.4, -0.2) is 30.4 Å². The third kappa shape index (κ3) is 3.67. The number of likely N-dealkylation sites (N-methyl/N-ethyl adjacent to an activating group) is 1. The number of nitrogens with zero attached hydrogens (tertiary/aromatic N) is 1. The first-order valence-electron chi connectivity index (χ1n) is 4.35. The molecule has 7 heteroatoms. The number of rotatable bonds is 3. The predicted molar refractivity (Wildman–Crippen MR) is 60.7 cm³/mol. The molecule has 2 amide bonds. The zero-order valence-electron chi connectivity index (χ0n) is 8.38. The number of aromatic nitrogens is 1. The van der Waals surface area contributed by atoms with Gasteiger partial charge < -0.3 is 10.6 Å². The Labute approximate surface area is 102 Å². The topological polar surface area (TPSA) is 71.1 Å². The molecule has 0 radical (unpaired) electrons. The van der Waals surface area contributed by atoms with Crippen LogP contribution in [0.15, 0.2) is 12.1 Å². The molecule has 0 aliphatic carbocycles. The van der Waals surface area contributed by atoms with E-state index >= 15 is 0 Å². The monoisotopic (exact) mass is 261 g/mol. The van der Waals surface area contributed by atoms with Crippen molar-refractivity contribution in [3.8, 4) is 0 Å². The number of pyridine rings is 1. The molecule has 1 aromatic rings. The van der Waals surface area contributed by atoms with Crippen LogP contribution in [0.2, 0.25) is 10.3 Å². The number of carbonyl (C=O) groups is 2. The Bertz CT molecular complexity index is 403. The summed E-state index contributed by atoms with van der Waals surface area (Å²) in [4.78, 5) is 26.1. The standard InChI is InChI=1S/C9H9Cl2N3O2/c1-12-8(15)4-13-9(16)5-2-6(10)14-7(11)3-5/h2-3H,4H2,1H3,(H,12,15)(H,13,16). The molecule has 0 saturated heterocycles. The molecule has 0 saturated carbocycles. The second-order valence-electron chi connectivity index (χ2n) is 2.86. The molecule has 0 aliphatic heterocycles. The van der Waals surface area contributed by atoms with Gasteiger partial charge in [-0.05, 0) is 12.1 Å². The molecule has 0 spiro atoms. The van der Waals surface area contributed by atoms with Gasteiger partial charge in [0.1, 0.15) is 10.3 Å². The van der Waals surface area contributed by atoms with Crippen molar-refractivity contribution in [2.24, 2.45) is 0 Å². The number of halogens is 2. The molecular formula is C9H9Cl2N3O2. The summed E-state index contributed by atoms with van der Waals surface area (Å²) in [5.74, 6) is -0.727. The maximum absolute atomic E-state index is 11.5. The van der Waals surface area contributed by atoms with Crippen LogP contribution in [0.4, 0.5) is 0 Å². The van der Waals surface area contributed by atoms with Crippen LogP contribution < -0.4 is 10.6 Å². The summed E-state index contributed by atoms with van der Waals surface area (Å²) >= 11 is 11.3. The number of amides is 2. The number of hydrogen-bond donors (Lipinski definition) is 2. The van der Waals surface area contributed by atoms with Gasteiger partial charge in [-0.25, -0.2) is 4.98 Å². The van der Waals surface area contributed by atoms with E-state index in [0.717, 1.165) is 0 Å². The first-order chi connectivity index (χ1) is 7.52. The zero-order chi connectivity index (χ0) is 12.1. The van der Waals surface area contributed by atoms with Gasteiger partial charge in [0.15, 0.2) is 0 Å². The van der Waals surface area contributed by atoms with Gasteiger partial charge in [0.25, 0.3) is 5.91 Å². The second kappa shape index (κ2) is 5.67. The van der Waals surface area contributed by atoms with Gasteiger partial charge in [-0.1, -0.05) is 23.2 Å². The highest BCUT2D eigenvalue weighted by Gasteiger charge is 2.09. The third-order valence-electron chi connectivity index (χ3n) is 1.71. The second-order valence-corrected chi connectivity index (χ2v) is 3.63. The molecular weight excluding hydrogens is 253 g/mol. The van der Waals surface area contributed by atoms with Crippen LogP contribution in [0.1, 0.15) is 10.4 Å². The lowest BCUT2D eigenvalue weighted by molar-refractivity contribution is -0.119. The molecule has 1 rings (SSSR count). The molecule has 2 N–H and O–H groups in total. The van der Waals surface area contributed by atoms with Crippen LogP contribution >= 0.6 is 23.2 Å².